The predicted octanol–water partition coefficient (Wildman–Crippen LogP) is 4.14. The highest BCUT2D eigenvalue weighted by molar-refractivity contribution is 5.60. The Morgan fingerprint density at radius 3 is 2.59 bits per heavy atom. The Bertz CT molecular complexity index is 569. The van der Waals surface area contributed by atoms with E-state index in [2.05, 4.69) is 49.4 Å². The van der Waals surface area contributed by atoms with Crippen LogP contribution in [0.25, 0.3) is 6.08 Å². The van der Waals surface area contributed by atoms with E-state index in [1.807, 2.05) is 18.2 Å². The van der Waals surface area contributed by atoms with Crippen molar-refractivity contribution in [2.24, 2.45) is 0 Å². The van der Waals surface area contributed by atoms with Crippen molar-refractivity contribution < 1.29 is 4.74 Å². The average Bonchev–Trinajstić information content (AvgIpc) is 2.39. The summed E-state index contributed by atoms with van der Waals surface area (Å²) >= 11 is 0. The van der Waals surface area contributed by atoms with E-state index in [9.17, 15) is 0 Å². The van der Waals surface area contributed by atoms with Crippen molar-refractivity contribution in [3.8, 4) is 5.75 Å². The van der Waals surface area contributed by atoms with Crippen molar-refractivity contribution in [2.75, 3.05) is 0 Å². The van der Waals surface area contributed by atoms with Crippen LogP contribution in [0, 0.1) is 6.92 Å². The predicted molar refractivity (Wildman–Crippen MR) is 70.0 cm³/mol. The van der Waals surface area contributed by atoms with Crippen molar-refractivity contribution in [1.29, 1.82) is 0 Å². The molecule has 1 heteroatoms. The van der Waals surface area contributed by atoms with E-state index in [4.69, 9.17) is 4.74 Å². The molecule has 0 amide bonds. The maximum absolute atomic E-state index is 6.01. The summed E-state index contributed by atoms with van der Waals surface area (Å²) in [6.45, 7) is 2.12. The third kappa shape index (κ3) is 1.84. The van der Waals surface area contributed by atoms with Gasteiger partial charge < -0.3 is 4.74 Å². The second-order valence-electron chi connectivity index (χ2n) is 4.29. The Morgan fingerprint density at radius 2 is 1.71 bits per heavy atom. The number of benzene rings is 2. The molecule has 2 aromatic carbocycles. The largest absolute Gasteiger partial charge is 0.481 e. The Hall–Kier alpha value is -2.02. The zero-order chi connectivity index (χ0) is 11.7. The first-order valence-electron chi connectivity index (χ1n) is 5.84. The topological polar surface area (TPSA) is 9.23 Å². The summed E-state index contributed by atoms with van der Waals surface area (Å²) in [6.07, 6.45) is 4.28. The van der Waals surface area contributed by atoms with Crippen LogP contribution in [0.1, 0.15) is 22.8 Å². The quantitative estimate of drug-likeness (QED) is 0.704. The number of ether oxygens (including phenoxy) is 1. The van der Waals surface area contributed by atoms with E-state index in [-0.39, 0.29) is 6.10 Å². The van der Waals surface area contributed by atoms with Gasteiger partial charge in [0.2, 0.25) is 0 Å². The lowest BCUT2D eigenvalue weighted by Crippen LogP contribution is -2.09. The Kier molecular flexibility index (Phi) is 2.45. The average molecular weight is 222 g/mol. The summed E-state index contributed by atoms with van der Waals surface area (Å²) < 4.78 is 6.01. The molecule has 0 fully saturated rings. The molecule has 0 N–H and O–H groups in total. The van der Waals surface area contributed by atoms with Crippen LogP contribution in [0.3, 0.4) is 0 Å². The number of fused-ring (bicyclic) bond motifs is 1. The molecule has 2 aromatic rings. The van der Waals surface area contributed by atoms with Gasteiger partial charge in [-0.05, 0) is 30.2 Å². The summed E-state index contributed by atoms with van der Waals surface area (Å²) in [6, 6.07) is 16.5. The number of hydrogen-bond acceptors (Lipinski definition) is 1. The van der Waals surface area contributed by atoms with Crippen LogP contribution in [0.2, 0.25) is 0 Å². The SMILES string of the molecule is Cc1ccccc1[C@@H]1C=Cc2ccccc2O1. The Morgan fingerprint density at radius 1 is 0.941 bits per heavy atom. The fraction of sp³-hybridized carbons (Fsp3) is 0.125. The molecule has 0 bridgehead atoms. The number of hydrogen-bond donors (Lipinski definition) is 0. The smallest absolute Gasteiger partial charge is 0.143 e. The molecule has 0 radical (unpaired) electrons. The minimum Gasteiger partial charge on any atom is -0.481 e. The van der Waals surface area contributed by atoms with Gasteiger partial charge in [-0.2, -0.15) is 0 Å². The molecule has 1 nitrogen and oxygen atoms in total. The van der Waals surface area contributed by atoms with Crippen LogP contribution in [0.5, 0.6) is 5.75 Å². The molecule has 17 heavy (non-hydrogen) atoms. The monoisotopic (exact) mass is 222 g/mol. The van der Waals surface area contributed by atoms with E-state index < -0.39 is 0 Å². The van der Waals surface area contributed by atoms with Crippen LogP contribution in [0.4, 0.5) is 0 Å². The fourth-order valence-electron chi connectivity index (χ4n) is 2.17. The second-order valence-corrected chi connectivity index (χ2v) is 4.29. The fourth-order valence-corrected chi connectivity index (χ4v) is 2.17. The molecule has 0 spiro atoms. The first-order valence-corrected chi connectivity index (χ1v) is 5.84. The van der Waals surface area contributed by atoms with Gasteiger partial charge in [-0.1, -0.05) is 48.5 Å². The molecule has 1 aliphatic heterocycles. The molecular formula is C16H14O. The third-order valence-corrected chi connectivity index (χ3v) is 3.12. The van der Waals surface area contributed by atoms with Crippen molar-refractivity contribution in [3.05, 3.63) is 71.3 Å². The molecule has 0 saturated carbocycles. The van der Waals surface area contributed by atoms with Gasteiger partial charge in [-0.3, -0.25) is 0 Å². The maximum Gasteiger partial charge on any atom is 0.143 e. The lowest BCUT2D eigenvalue weighted by Gasteiger charge is -2.22. The Labute approximate surface area is 101 Å². The van der Waals surface area contributed by atoms with Gasteiger partial charge in [-0.25, -0.2) is 0 Å². The summed E-state index contributed by atoms with van der Waals surface area (Å²) in [4.78, 5) is 0. The van der Waals surface area contributed by atoms with Crippen molar-refractivity contribution in [1.82, 2.24) is 0 Å². The molecule has 1 heterocycles. The molecule has 3 rings (SSSR count). The van der Waals surface area contributed by atoms with Gasteiger partial charge in [0.25, 0.3) is 0 Å². The van der Waals surface area contributed by atoms with Crippen molar-refractivity contribution in [3.63, 3.8) is 0 Å². The molecule has 0 aromatic heterocycles. The van der Waals surface area contributed by atoms with E-state index in [0.29, 0.717) is 0 Å². The van der Waals surface area contributed by atoms with Crippen molar-refractivity contribution >= 4 is 6.08 Å². The van der Waals surface area contributed by atoms with Crippen LogP contribution in [-0.2, 0) is 0 Å². The van der Waals surface area contributed by atoms with E-state index in [1.54, 1.807) is 0 Å². The van der Waals surface area contributed by atoms with E-state index in [1.165, 1.54) is 11.1 Å². The molecule has 1 aliphatic rings. The maximum atomic E-state index is 6.01. The highest BCUT2D eigenvalue weighted by Gasteiger charge is 2.17. The summed E-state index contributed by atoms with van der Waals surface area (Å²) in [7, 11) is 0. The third-order valence-electron chi connectivity index (χ3n) is 3.12. The molecule has 84 valence electrons. The van der Waals surface area contributed by atoms with Crippen molar-refractivity contribution in [2.45, 2.75) is 13.0 Å². The van der Waals surface area contributed by atoms with Gasteiger partial charge in [-0.15, -0.1) is 0 Å². The van der Waals surface area contributed by atoms with Gasteiger partial charge in [0, 0.05) is 5.56 Å². The molecular weight excluding hydrogens is 208 g/mol. The molecule has 0 saturated heterocycles. The molecule has 1 atom stereocenters. The lowest BCUT2D eigenvalue weighted by molar-refractivity contribution is 0.251. The summed E-state index contributed by atoms with van der Waals surface area (Å²) in [5.41, 5.74) is 3.65. The first-order chi connectivity index (χ1) is 8.34. The summed E-state index contributed by atoms with van der Waals surface area (Å²) in [5.74, 6) is 0.961. The first kappa shape index (κ1) is 10.2. The van der Waals surface area contributed by atoms with Gasteiger partial charge >= 0.3 is 0 Å². The van der Waals surface area contributed by atoms with Gasteiger partial charge in [0.1, 0.15) is 11.9 Å². The zero-order valence-electron chi connectivity index (χ0n) is 9.76. The lowest BCUT2D eigenvalue weighted by atomic mass is 10.0. The molecule has 0 aliphatic carbocycles. The van der Waals surface area contributed by atoms with Gasteiger partial charge in [0.15, 0.2) is 0 Å². The number of para-hydroxylation sites is 1. The highest BCUT2D eigenvalue weighted by Crippen LogP contribution is 2.33. The van der Waals surface area contributed by atoms with E-state index in [0.717, 1.165) is 11.3 Å². The highest BCUT2D eigenvalue weighted by atomic mass is 16.5. The van der Waals surface area contributed by atoms with E-state index >= 15 is 0 Å². The van der Waals surface area contributed by atoms with Crippen LogP contribution in [-0.4, -0.2) is 0 Å². The minimum atomic E-state index is 0.0334. The second kappa shape index (κ2) is 4.10. The normalized spacial score (nSPS) is 17.4. The Balaban J connectivity index is 1.98. The number of aryl methyl sites for hydroxylation is 1. The zero-order valence-corrected chi connectivity index (χ0v) is 9.76. The standard InChI is InChI=1S/C16H14O/c1-12-6-2-4-8-14(12)16-11-10-13-7-3-5-9-15(13)17-16/h2-11,16H,1H3/t16-/m0/s1. The van der Waals surface area contributed by atoms with Crippen LogP contribution < -0.4 is 4.74 Å². The molecule has 0 unspecified atom stereocenters. The number of rotatable bonds is 1. The van der Waals surface area contributed by atoms with Crippen LogP contribution >= 0.6 is 0 Å². The van der Waals surface area contributed by atoms with Gasteiger partial charge in [0.05, 0.1) is 0 Å². The minimum absolute atomic E-state index is 0.0334. The van der Waals surface area contributed by atoms with Crippen LogP contribution in [0.15, 0.2) is 54.6 Å². The summed E-state index contributed by atoms with van der Waals surface area (Å²) in [5, 5.41) is 0.